The zero-order chi connectivity index (χ0) is 17.8. The lowest BCUT2D eigenvalue weighted by Gasteiger charge is -2.03. The summed E-state index contributed by atoms with van der Waals surface area (Å²) in [6, 6.07) is 7.86. The third kappa shape index (κ3) is 3.76. The summed E-state index contributed by atoms with van der Waals surface area (Å²) in [5.41, 5.74) is 3.02. The van der Waals surface area contributed by atoms with Crippen LogP contribution in [-0.4, -0.2) is 27.8 Å². The Morgan fingerprint density at radius 3 is 2.84 bits per heavy atom. The summed E-state index contributed by atoms with van der Waals surface area (Å²) in [5, 5.41) is 13.4. The van der Waals surface area contributed by atoms with Crippen molar-refractivity contribution < 1.29 is 13.7 Å². The molecule has 130 valence electrons. The molecule has 0 aliphatic heterocycles. The molecule has 0 fully saturated rings. The lowest BCUT2D eigenvalue weighted by atomic mass is 10.1. The van der Waals surface area contributed by atoms with Gasteiger partial charge in [-0.3, -0.25) is 9.89 Å². The number of nitrogens with zero attached hydrogens (tertiary/aromatic N) is 2. The van der Waals surface area contributed by atoms with E-state index in [1.165, 1.54) is 6.07 Å². The summed E-state index contributed by atoms with van der Waals surface area (Å²) in [4.78, 5) is 12.2. The summed E-state index contributed by atoms with van der Waals surface area (Å²) in [5.74, 6) is 0.168. The van der Waals surface area contributed by atoms with E-state index in [0.29, 0.717) is 23.5 Å². The van der Waals surface area contributed by atoms with E-state index in [1.807, 2.05) is 13.8 Å². The number of hydrogen-bond donors (Lipinski definition) is 2. The topological polar surface area (TPSA) is 83.8 Å². The zero-order valence-electron chi connectivity index (χ0n) is 14.1. The van der Waals surface area contributed by atoms with Crippen LogP contribution in [0.2, 0.25) is 0 Å². The highest BCUT2D eigenvalue weighted by Crippen LogP contribution is 2.20. The lowest BCUT2D eigenvalue weighted by Crippen LogP contribution is -2.25. The first-order chi connectivity index (χ1) is 12.1. The fourth-order valence-electron chi connectivity index (χ4n) is 2.67. The predicted molar refractivity (Wildman–Crippen MR) is 90.6 cm³/mol. The van der Waals surface area contributed by atoms with Gasteiger partial charge in [0.15, 0.2) is 0 Å². The molecule has 1 aromatic carbocycles. The van der Waals surface area contributed by atoms with Gasteiger partial charge in [-0.25, -0.2) is 4.39 Å². The number of halogens is 1. The average Bonchev–Trinajstić information content (AvgIpc) is 3.20. The minimum Gasteiger partial charge on any atom is -0.361 e. The minimum absolute atomic E-state index is 0.270. The maximum Gasteiger partial charge on any atom is 0.269 e. The van der Waals surface area contributed by atoms with Gasteiger partial charge in [0.2, 0.25) is 0 Å². The fourth-order valence-corrected chi connectivity index (χ4v) is 2.67. The van der Waals surface area contributed by atoms with Crippen LogP contribution >= 0.6 is 0 Å². The Labute approximate surface area is 144 Å². The molecule has 2 N–H and O–H groups in total. The van der Waals surface area contributed by atoms with Gasteiger partial charge in [-0.15, -0.1) is 0 Å². The summed E-state index contributed by atoms with van der Waals surface area (Å²) in [6.45, 7) is 4.29. The van der Waals surface area contributed by atoms with Crippen LogP contribution in [0.1, 0.15) is 33.9 Å². The molecule has 0 radical (unpaired) electrons. The van der Waals surface area contributed by atoms with Gasteiger partial charge in [-0.2, -0.15) is 5.10 Å². The number of aromatic amines is 1. The molecular formula is C18H19FN4O2. The van der Waals surface area contributed by atoms with E-state index in [0.717, 1.165) is 29.9 Å². The second-order valence-corrected chi connectivity index (χ2v) is 5.81. The number of rotatable bonds is 6. The molecule has 0 atom stereocenters. The quantitative estimate of drug-likeness (QED) is 0.674. The number of carbonyl (C=O) groups is 1. The van der Waals surface area contributed by atoms with Crippen molar-refractivity contribution in [3.63, 3.8) is 0 Å². The number of benzene rings is 1. The van der Waals surface area contributed by atoms with Gasteiger partial charge in [0.1, 0.15) is 17.3 Å². The van der Waals surface area contributed by atoms with Gasteiger partial charge in [-0.1, -0.05) is 17.3 Å². The Kier molecular flexibility index (Phi) is 4.92. The summed E-state index contributed by atoms with van der Waals surface area (Å²) < 4.78 is 18.9. The summed E-state index contributed by atoms with van der Waals surface area (Å²) >= 11 is 0. The van der Waals surface area contributed by atoms with Crippen molar-refractivity contribution in [2.24, 2.45) is 0 Å². The normalized spacial score (nSPS) is 10.8. The number of carbonyl (C=O) groups excluding carboxylic acids is 1. The molecule has 3 aromatic rings. The van der Waals surface area contributed by atoms with Crippen LogP contribution in [0.25, 0.3) is 11.3 Å². The van der Waals surface area contributed by atoms with Crippen molar-refractivity contribution in [3.8, 4) is 11.3 Å². The van der Waals surface area contributed by atoms with Crippen LogP contribution < -0.4 is 5.32 Å². The second kappa shape index (κ2) is 7.29. The van der Waals surface area contributed by atoms with E-state index in [-0.39, 0.29) is 11.7 Å². The molecule has 6 nitrogen and oxygen atoms in total. The van der Waals surface area contributed by atoms with Crippen molar-refractivity contribution in [2.75, 3.05) is 6.54 Å². The Morgan fingerprint density at radius 1 is 1.32 bits per heavy atom. The Bertz CT molecular complexity index is 865. The number of aryl methyl sites for hydroxylation is 2. The van der Waals surface area contributed by atoms with Crippen LogP contribution in [0.3, 0.4) is 0 Å². The van der Waals surface area contributed by atoms with E-state index in [4.69, 9.17) is 4.52 Å². The highest BCUT2D eigenvalue weighted by molar-refractivity contribution is 5.93. The number of nitrogens with one attached hydrogen (secondary N) is 2. The van der Waals surface area contributed by atoms with Crippen LogP contribution in [0.5, 0.6) is 0 Å². The van der Waals surface area contributed by atoms with Crippen molar-refractivity contribution in [1.29, 1.82) is 0 Å². The summed E-state index contributed by atoms with van der Waals surface area (Å²) in [7, 11) is 0. The number of amides is 1. The van der Waals surface area contributed by atoms with E-state index in [2.05, 4.69) is 20.7 Å². The number of H-pyrrole nitrogens is 1. The molecular weight excluding hydrogens is 323 g/mol. The SMILES string of the molecule is Cc1noc(C)c1CCCNC(=O)c1cc(-c2ccccc2F)n[nH]1. The molecule has 0 bridgehead atoms. The van der Waals surface area contributed by atoms with Crippen molar-refractivity contribution in [3.05, 3.63) is 58.9 Å². The van der Waals surface area contributed by atoms with E-state index in [1.54, 1.807) is 24.3 Å². The second-order valence-electron chi connectivity index (χ2n) is 5.81. The van der Waals surface area contributed by atoms with E-state index >= 15 is 0 Å². The first-order valence-electron chi connectivity index (χ1n) is 8.06. The Hall–Kier alpha value is -2.96. The molecule has 0 saturated heterocycles. The third-order valence-electron chi connectivity index (χ3n) is 4.04. The van der Waals surface area contributed by atoms with E-state index in [9.17, 15) is 9.18 Å². The molecule has 0 spiro atoms. The van der Waals surface area contributed by atoms with Gasteiger partial charge < -0.3 is 9.84 Å². The first kappa shape index (κ1) is 16.9. The van der Waals surface area contributed by atoms with Gasteiger partial charge in [0.05, 0.1) is 11.4 Å². The van der Waals surface area contributed by atoms with E-state index < -0.39 is 0 Å². The van der Waals surface area contributed by atoms with Crippen molar-refractivity contribution >= 4 is 5.91 Å². The molecule has 0 aliphatic rings. The zero-order valence-corrected chi connectivity index (χ0v) is 14.1. The number of aromatic nitrogens is 3. The standard InChI is InChI=1S/C18H19FN4O2/c1-11-13(12(2)25-23-11)7-5-9-20-18(24)17-10-16(21-22-17)14-6-3-4-8-15(14)19/h3-4,6,8,10H,5,7,9H2,1-2H3,(H,20,24)(H,21,22). The largest absolute Gasteiger partial charge is 0.361 e. The lowest BCUT2D eigenvalue weighted by molar-refractivity contribution is 0.0948. The van der Waals surface area contributed by atoms with Crippen LogP contribution in [-0.2, 0) is 6.42 Å². The van der Waals surface area contributed by atoms with Gasteiger partial charge in [-0.05, 0) is 44.9 Å². The minimum atomic E-state index is -0.375. The molecule has 25 heavy (non-hydrogen) atoms. The molecule has 1 amide bonds. The van der Waals surface area contributed by atoms with Crippen LogP contribution in [0.15, 0.2) is 34.9 Å². The van der Waals surface area contributed by atoms with Gasteiger partial charge in [0, 0.05) is 17.7 Å². The number of hydrogen-bond acceptors (Lipinski definition) is 4. The van der Waals surface area contributed by atoms with Crippen molar-refractivity contribution in [2.45, 2.75) is 26.7 Å². The van der Waals surface area contributed by atoms with Crippen molar-refractivity contribution in [1.82, 2.24) is 20.7 Å². The van der Waals surface area contributed by atoms with Gasteiger partial charge in [0.25, 0.3) is 5.91 Å². The molecule has 0 aliphatic carbocycles. The molecule has 0 saturated carbocycles. The van der Waals surface area contributed by atoms with Crippen LogP contribution in [0.4, 0.5) is 4.39 Å². The molecule has 2 heterocycles. The molecule has 3 rings (SSSR count). The maximum absolute atomic E-state index is 13.8. The first-order valence-corrected chi connectivity index (χ1v) is 8.06. The highest BCUT2D eigenvalue weighted by atomic mass is 19.1. The monoisotopic (exact) mass is 342 g/mol. The molecule has 0 unspecified atom stereocenters. The third-order valence-corrected chi connectivity index (χ3v) is 4.04. The van der Waals surface area contributed by atoms with Gasteiger partial charge >= 0.3 is 0 Å². The molecule has 2 aromatic heterocycles. The summed E-state index contributed by atoms with van der Waals surface area (Å²) in [6.07, 6.45) is 1.55. The fraction of sp³-hybridized carbons (Fsp3) is 0.278. The predicted octanol–water partition coefficient (Wildman–Crippen LogP) is 3.18. The smallest absolute Gasteiger partial charge is 0.269 e. The average molecular weight is 342 g/mol. The Balaban J connectivity index is 1.55. The van der Waals surface area contributed by atoms with Crippen LogP contribution in [0, 0.1) is 19.7 Å². The maximum atomic E-state index is 13.8. The highest BCUT2D eigenvalue weighted by Gasteiger charge is 2.13. The molecule has 7 heteroatoms. The Morgan fingerprint density at radius 2 is 2.12 bits per heavy atom.